The predicted octanol–water partition coefficient (Wildman–Crippen LogP) is 3.86. The molecule has 1 aliphatic heterocycles. The number of hydrogen-bond donors (Lipinski definition) is 2. The molecule has 0 bridgehead atoms. The predicted molar refractivity (Wildman–Crippen MR) is 118 cm³/mol. The van der Waals surface area contributed by atoms with Gasteiger partial charge < -0.3 is 15.1 Å². The van der Waals surface area contributed by atoms with Gasteiger partial charge in [0.2, 0.25) is 0 Å². The Morgan fingerprint density at radius 2 is 2.11 bits per heavy atom. The SMILES string of the molecule is Cc1ccc(Cn2ncc(Br)c2C=C2SC(=S)N(CCCC(=O)O)C2O)cc1. The highest BCUT2D eigenvalue weighted by Crippen LogP contribution is 2.36. The number of aliphatic hydroxyl groups is 1. The number of thiocarbonyl (C=S) groups is 1. The van der Waals surface area contributed by atoms with Crippen molar-refractivity contribution in [2.24, 2.45) is 0 Å². The number of carbonyl (C=O) groups is 1. The summed E-state index contributed by atoms with van der Waals surface area (Å²) >= 11 is 10.2. The number of aliphatic hydroxyl groups excluding tert-OH is 1. The molecule has 1 unspecified atom stereocenters. The smallest absolute Gasteiger partial charge is 0.303 e. The van der Waals surface area contributed by atoms with E-state index in [0.29, 0.717) is 28.7 Å². The van der Waals surface area contributed by atoms with Crippen molar-refractivity contribution >= 4 is 56.3 Å². The Labute approximate surface area is 181 Å². The van der Waals surface area contributed by atoms with E-state index in [2.05, 4.69) is 45.3 Å². The first-order valence-corrected chi connectivity index (χ1v) is 10.7. The zero-order valence-corrected chi connectivity index (χ0v) is 18.4. The maximum atomic E-state index is 10.7. The third-order valence-electron chi connectivity index (χ3n) is 4.34. The first-order chi connectivity index (χ1) is 13.3. The number of carboxylic acids is 1. The molecular formula is C19H20BrN3O3S2. The second kappa shape index (κ2) is 9.21. The molecule has 2 aromatic rings. The second-order valence-electron chi connectivity index (χ2n) is 6.50. The zero-order chi connectivity index (χ0) is 20.3. The number of thioether (sulfide) groups is 1. The number of aliphatic carboxylic acids is 1. The standard InChI is InChI=1S/C19H20BrN3O3S2/c1-12-4-6-13(7-5-12)11-23-15(14(20)10-21-23)9-16-18(26)22(19(27)28-16)8-2-3-17(24)25/h4-7,9-10,18,26H,2-3,8,11H2,1H3,(H,24,25). The minimum atomic E-state index is -0.874. The molecular weight excluding hydrogens is 462 g/mol. The zero-order valence-electron chi connectivity index (χ0n) is 15.2. The third-order valence-corrected chi connectivity index (χ3v) is 6.41. The summed E-state index contributed by atoms with van der Waals surface area (Å²) in [6.45, 7) is 3.06. The van der Waals surface area contributed by atoms with Crippen molar-refractivity contribution < 1.29 is 15.0 Å². The van der Waals surface area contributed by atoms with Crippen molar-refractivity contribution in [3.63, 3.8) is 0 Å². The van der Waals surface area contributed by atoms with Gasteiger partial charge in [-0.2, -0.15) is 5.10 Å². The lowest BCUT2D eigenvalue weighted by Crippen LogP contribution is -2.33. The van der Waals surface area contributed by atoms with Crippen molar-refractivity contribution in [1.82, 2.24) is 14.7 Å². The van der Waals surface area contributed by atoms with Crippen LogP contribution in [0.5, 0.6) is 0 Å². The summed E-state index contributed by atoms with van der Waals surface area (Å²) in [6.07, 6.45) is 3.21. The molecule has 1 atom stereocenters. The summed E-state index contributed by atoms with van der Waals surface area (Å²) in [5.74, 6) is -0.855. The number of aryl methyl sites for hydroxylation is 1. The van der Waals surface area contributed by atoms with Gasteiger partial charge in [-0.1, -0.05) is 53.8 Å². The minimum absolute atomic E-state index is 0.0460. The van der Waals surface area contributed by atoms with Crippen LogP contribution in [0.25, 0.3) is 6.08 Å². The van der Waals surface area contributed by atoms with Gasteiger partial charge in [-0.05, 0) is 40.9 Å². The number of rotatable bonds is 7. The Hall–Kier alpha value is -1.68. The van der Waals surface area contributed by atoms with Crippen molar-refractivity contribution in [3.05, 3.63) is 56.7 Å². The molecule has 9 heteroatoms. The molecule has 28 heavy (non-hydrogen) atoms. The lowest BCUT2D eigenvalue weighted by molar-refractivity contribution is -0.137. The van der Waals surface area contributed by atoms with Crippen LogP contribution in [0.1, 0.15) is 29.7 Å². The quantitative estimate of drug-likeness (QED) is 0.581. The minimum Gasteiger partial charge on any atom is -0.481 e. The van der Waals surface area contributed by atoms with E-state index < -0.39 is 12.2 Å². The van der Waals surface area contributed by atoms with Gasteiger partial charge in [-0.15, -0.1) is 0 Å². The number of hydrogen-bond acceptors (Lipinski definition) is 5. The first-order valence-electron chi connectivity index (χ1n) is 8.72. The fraction of sp³-hybridized carbons (Fsp3) is 0.316. The largest absolute Gasteiger partial charge is 0.481 e. The first kappa shape index (κ1) is 21.0. The van der Waals surface area contributed by atoms with Crippen LogP contribution in [0.2, 0.25) is 0 Å². The van der Waals surface area contributed by atoms with Gasteiger partial charge >= 0.3 is 5.97 Å². The lowest BCUT2D eigenvalue weighted by Gasteiger charge is -2.20. The van der Waals surface area contributed by atoms with E-state index in [0.717, 1.165) is 15.7 Å². The molecule has 1 aromatic heterocycles. The van der Waals surface area contributed by atoms with Crippen LogP contribution in [-0.4, -0.2) is 48.0 Å². The van der Waals surface area contributed by atoms with Crippen LogP contribution in [0.4, 0.5) is 0 Å². The molecule has 0 radical (unpaired) electrons. The summed E-state index contributed by atoms with van der Waals surface area (Å²) in [5, 5.41) is 23.9. The fourth-order valence-electron chi connectivity index (χ4n) is 2.83. The van der Waals surface area contributed by atoms with Gasteiger partial charge in [0.1, 0.15) is 4.32 Å². The van der Waals surface area contributed by atoms with E-state index >= 15 is 0 Å². The van der Waals surface area contributed by atoms with E-state index in [4.69, 9.17) is 17.3 Å². The van der Waals surface area contributed by atoms with Gasteiger partial charge in [-0.3, -0.25) is 9.48 Å². The Bertz CT molecular complexity index is 912. The summed E-state index contributed by atoms with van der Waals surface area (Å²) in [4.78, 5) is 13.1. The number of benzene rings is 1. The molecule has 0 saturated carbocycles. The number of carboxylic acid groups (broad SMARTS) is 1. The molecule has 6 nitrogen and oxygen atoms in total. The van der Waals surface area contributed by atoms with E-state index in [-0.39, 0.29) is 6.42 Å². The van der Waals surface area contributed by atoms with E-state index in [1.807, 2.05) is 17.7 Å². The van der Waals surface area contributed by atoms with Crippen LogP contribution in [0.3, 0.4) is 0 Å². The third kappa shape index (κ3) is 5.02. The Balaban J connectivity index is 1.77. The summed E-state index contributed by atoms with van der Waals surface area (Å²) < 4.78 is 3.24. The van der Waals surface area contributed by atoms with Crippen LogP contribution >= 0.6 is 39.9 Å². The highest BCUT2D eigenvalue weighted by atomic mass is 79.9. The molecule has 1 saturated heterocycles. The Kier molecular flexibility index (Phi) is 6.92. The van der Waals surface area contributed by atoms with E-state index in [1.54, 1.807) is 11.1 Å². The van der Waals surface area contributed by atoms with Gasteiger partial charge in [-0.25, -0.2) is 0 Å². The van der Waals surface area contributed by atoms with Crippen LogP contribution in [0, 0.1) is 6.92 Å². The Morgan fingerprint density at radius 1 is 1.39 bits per heavy atom. The van der Waals surface area contributed by atoms with Crippen LogP contribution in [-0.2, 0) is 11.3 Å². The second-order valence-corrected chi connectivity index (χ2v) is 9.06. The summed E-state index contributed by atoms with van der Waals surface area (Å²) in [5.41, 5.74) is 3.18. The van der Waals surface area contributed by atoms with E-state index in [1.165, 1.54) is 17.3 Å². The molecule has 2 N–H and O–H groups in total. The highest BCUT2D eigenvalue weighted by Gasteiger charge is 2.32. The maximum absolute atomic E-state index is 10.7. The number of halogens is 1. The van der Waals surface area contributed by atoms with Gasteiger partial charge in [0.25, 0.3) is 0 Å². The monoisotopic (exact) mass is 481 g/mol. The summed E-state index contributed by atoms with van der Waals surface area (Å²) in [6, 6.07) is 8.27. The molecule has 1 aromatic carbocycles. The molecule has 1 aliphatic rings. The van der Waals surface area contributed by atoms with Crippen molar-refractivity contribution in [1.29, 1.82) is 0 Å². The average molecular weight is 482 g/mol. The van der Waals surface area contributed by atoms with Gasteiger partial charge in [0.05, 0.1) is 22.9 Å². The molecule has 3 rings (SSSR count). The topological polar surface area (TPSA) is 78.6 Å². The fourth-order valence-corrected chi connectivity index (χ4v) is 4.63. The maximum Gasteiger partial charge on any atom is 0.303 e. The molecule has 0 aliphatic carbocycles. The van der Waals surface area contributed by atoms with Crippen molar-refractivity contribution in [2.75, 3.05) is 6.54 Å². The Morgan fingerprint density at radius 3 is 2.79 bits per heavy atom. The van der Waals surface area contributed by atoms with Gasteiger partial charge in [0, 0.05) is 17.9 Å². The van der Waals surface area contributed by atoms with Crippen LogP contribution in [0.15, 0.2) is 39.8 Å². The normalized spacial score (nSPS) is 18.2. The molecule has 2 heterocycles. The van der Waals surface area contributed by atoms with Crippen molar-refractivity contribution in [3.8, 4) is 0 Å². The number of aromatic nitrogens is 2. The number of nitrogens with zero attached hydrogens (tertiary/aromatic N) is 3. The molecule has 0 amide bonds. The molecule has 148 valence electrons. The van der Waals surface area contributed by atoms with Crippen LogP contribution < -0.4 is 0 Å². The average Bonchev–Trinajstić information content (AvgIpc) is 3.11. The molecule has 1 fully saturated rings. The molecule has 0 spiro atoms. The summed E-state index contributed by atoms with van der Waals surface area (Å²) in [7, 11) is 0. The lowest BCUT2D eigenvalue weighted by atomic mass is 10.1. The van der Waals surface area contributed by atoms with E-state index in [9.17, 15) is 9.90 Å². The van der Waals surface area contributed by atoms with Crippen molar-refractivity contribution in [2.45, 2.75) is 32.5 Å². The van der Waals surface area contributed by atoms with Gasteiger partial charge in [0.15, 0.2) is 6.23 Å². The highest BCUT2D eigenvalue weighted by molar-refractivity contribution is 9.10.